The van der Waals surface area contributed by atoms with Crippen molar-refractivity contribution in [3.63, 3.8) is 0 Å². The number of hydrogen-bond acceptors (Lipinski definition) is 4. The van der Waals surface area contributed by atoms with Gasteiger partial charge in [0, 0.05) is 49.0 Å². The molecule has 1 aliphatic heterocycles. The van der Waals surface area contributed by atoms with Crippen molar-refractivity contribution in [1.82, 2.24) is 14.8 Å². The molecule has 1 saturated heterocycles. The van der Waals surface area contributed by atoms with Crippen molar-refractivity contribution in [2.75, 3.05) is 26.2 Å². The number of carbonyl (C=O) groups excluding carboxylic acids is 2. The van der Waals surface area contributed by atoms with Gasteiger partial charge in [-0.25, -0.2) is 0 Å². The summed E-state index contributed by atoms with van der Waals surface area (Å²) in [7, 11) is 0. The van der Waals surface area contributed by atoms with E-state index in [1.54, 1.807) is 29.8 Å². The average molecular weight is 434 g/mol. The van der Waals surface area contributed by atoms with E-state index in [4.69, 9.17) is 0 Å². The standard InChI is InChI=1S/C25H27N3O2S/c1-3-27-12-13-28(25(30)21-10-11-26-16-18(21)2)17-20(24(27)29)15-19-7-4-5-8-22(19)23-9-6-14-31-23/h4-11,14,16,20H,3,12-13,15,17H2,1-2H3. The van der Waals surface area contributed by atoms with Crippen LogP contribution in [0.4, 0.5) is 0 Å². The first-order valence-electron chi connectivity index (χ1n) is 10.7. The number of rotatable bonds is 5. The first kappa shape index (κ1) is 21.2. The third kappa shape index (κ3) is 4.54. The molecule has 0 spiro atoms. The minimum Gasteiger partial charge on any atom is -0.341 e. The molecule has 2 amide bonds. The summed E-state index contributed by atoms with van der Waals surface area (Å²) in [4.78, 5) is 35.6. The molecule has 3 heterocycles. The smallest absolute Gasteiger partial charge is 0.254 e. The SMILES string of the molecule is CCN1CCN(C(=O)c2ccncc2C)CC(Cc2ccccc2-c2cccs2)C1=O. The molecular weight excluding hydrogens is 406 g/mol. The lowest BCUT2D eigenvalue weighted by atomic mass is 9.93. The van der Waals surface area contributed by atoms with Crippen LogP contribution in [0.25, 0.3) is 10.4 Å². The molecule has 1 unspecified atom stereocenters. The Morgan fingerprint density at radius 3 is 2.74 bits per heavy atom. The number of likely N-dealkylation sites (N-methyl/N-ethyl adjacent to an activating group) is 1. The lowest BCUT2D eigenvalue weighted by Gasteiger charge is -2.24. The molecular formula is C25H27N3O2S. The molecule has 0 bridgehead atoms. The number of carbonyl (C=O) groups is 2. The molecule has 1 fully saturated rings. The summed E-state index contributed by atoms with van der Waals surface area (Å²) in [6.07, 6.45) is 3.97. The number of thiophene rings is 1. The van der Waals surface area contributed by atoms with Crippen molar-refractivity contribution >= 4 is 23.2 Å². The maximum atomic E-state index is 13.3. The van der Waals surface area contributed by atoms with Gasteiger partial charge in [0.2, 0.25) is 5.91 Å². The number of aryl methyl sites for hydroxylation is 1. The van der Waals surface area contributed by atoms with Crippen LogP contribution in [-0.2, 0) is 11.2 Å². The Hall–Kier alpha value is -2.99. The average Bonchev–Trinajstić information content (AvgIpc) is 3.27. The fourth-order valence-electron chi connectivity index (χ4n) is 4.22. The van der Waals surface area contributed by atoms with Crippen molar-refractivity contribution in [2.45, 2.75) is 20.3 Å². The van der Waals surface area contributed by atoms with Crippen LogP contribution in [0.1, 0.15) is 28.4 Å². The first-order chi connectivity index (χ1) is 15.1. The topological polar surface area (TPSA) is 53.5 Å². The summed E-state index contributed by atoms with van der Waals surface area (Å²) in [6, 6.07) is 14.2. The summed E-state index contributed by atoms with van der Waals surface area (Å²) >= 11 is 1.70. The minimum atomic E-state index is -0.269. The monoisotopic (exact) mass is 433 g/mol. The molecule has 0 saturated carbocycles. The van der Waals surface area contributed by atoms with Gasteiger partial charge in [-0.3, -0.25) is 14.6 Å². The van der Waals surface area contributed by atoms with Crippen LogP contribution in [0.15, 0.2) is 60.2 Å². The molecule has 160 valence electrons. The van der Waals surface area contributed by atoms with Crippen molar-refractivity contribution in [2.24, 2.45) is 5.92 Å². The van der Waals surface area contributed by atoms with E-state index < -0.39 is 0 Å². The van der Waals surface area contributed by atoms with E-state index >= 15 is 0 Å². The Morgan fingerprint density at radius 1 is 1.16 bits per heavy atom. The summed E-state index contributed by atoms with van der Waals surface area (Å²) in [5.74, 6) is -0.165. The van der Waals surface area contributed by atoms with E-state index in [1.165, 1.54) is 10.4 Å². The van der Waals surface area contributed by atoms with Crippen molar-refractivity contribution < 1.29 is 9.59 Å². The second kappa shape index (κ2) is 9.43. The summed E-state index contributed by atoms with van der Waals surface area (Å²) in [5, 5.41) is 2.07. The second-order valence-electron chi connectivity index (χ2n) is 7.90. The van der Waals surface area contributed by atoms with Crippen LogP contribution in [0, 0.1) is 12.8 Å². The maximum Gasteiger partial charge on any atom is 0.254 e. The van der Waals surface area contributed by atoms with Gasteiger partial charge in [-0.2, -0.15) is 0 Å². The molecule has 1 atom stereocenters. The predicted molar refractivity (Wildman–Crippen MR) is 124 cm³/mol. The Bertz CT molecular complexity index is 1060. The predicted octanol–water partition coefficient (Wildman–Crippen LogP) is 4.28. The molecule has 3 aromatic rings. The van der Waals surface area contributed by atoms with Crippen molar-refractivity contribution in [3.8, 4) is 10.4 Å². The Balaban J connectivity index is 1.63. The van der Waals surface area contributed by atoms with Crippen LogP contribution >= 0.6 is 11.3 Å². The zero-order chi connectivity index (χ0) is 21.8. The van der Waals surface area contributed by atoms with Crippen LogP contribution < -0.4 is 0 Å². The summed E-state index contributed by atoms with van der Waals surface area (Å²) in [5.41, 5.74) is 3.83. The molecule has 2 aromatic heterocycles. The zero-order valence-electron chi connectivity index (χ0n) is 18.0. The Morgan fingerprint density at radius 2 is 2.00 bits per heavy atom. The normalized spacial score (nSPS) is 17.0. The van der Waals surface area contributed by atoms with E-state index in [0.717, 1.165) is 11.1 Å². The third-order valence-electron chi connectivity index (χ3n) is 5.93. The Kier molecular flexibility index (Phi) is 6.47. The number of nitrogens with zero attached hydrogens (tertiary/aromatic N) is 3. The molecule has 6 heteroatoms. The van der Waals surface area contributed by atoms with Crippen LogP contribution in [0.5, 0.6) is 0 Å². The number of amides is 2. The van der Waals surface area contributed by atoms with E-state index in [1.807, 2.05) is 41.8 Å². The van der Waals surface area contributed by atoms with E-state index in [2.05, 4.69) is 28.6 Å². The van der Waals surface area contributed by atoms with Crippen LogP contribution in [0.2, 0.25) is 0 Å². The highest BCUT2D eigenvalue weighted by Gasteiger charge is 2.32. The molecule has 1 aliphatic rings. The maximum absolute atomic E-state index is 13.3. The molecule has 0 N–H and O–H groups in total. The fraction of sp³-hybridized carbons (Fsp3) is 0.320. The Labute approximate surface area is 187 Å². The fourth-order valence-corrected chi connectivity index (χ4v) is 5.00. The second-order valence-corrected chi connectivity index (χ2v) is 8.84. The minimum absolute atomic E-state index is 0.0257. The quantitative estimate of drug-likeness (QED) is 0.603. The highest BCUT2D eigenvalue weighted by Crippen LogP contribution is 2.30. The van der Waals surface area contributed by atoms with E-state index in [-0.39, 0.29) is 17.7 Å². The zero-order valence-corrected chi connectivity index (χ0v) is 18.8. The van der Waals surface area contributed by atoms with Crippen LogP contribution in [-0.4, -0.2) is 52.8 Å². The summed E-state index contributed by atoms with van der Waals surface area (Å²) in [6.45, 7) is 6.08. The molecule has 0 radical (unpaired) electrons. The number of hydrogen-bond donors (Lipinski definition) is 0. The molecule has 1 aromatic carbocycles. The van der Waals surface area contributed by atoms with Gasteiger partial charge in [-0.15, -0.1) is 11.3 Å². The highest BCUT2D eigenvalue weighted by molar-refractivity contribution is 7.13. The number of aromatic nitrogens is 1. The van der Waals surface area contributed by atoms with Gasteiger partial charge < -0.3 is 9.80 Å². The van der Waals surface area contributed by atoms with Gasteiger partial charge >= 0.3 is 0 Å². The van der Waals surface area contributed by atoms with Gasteiger partial charge in [0.05, 0.1) is 5.92 Å². The van der Waals surface area contributed by atoms with Crippen molar-refractivity contribution in [3.05, 3.63) is 76.9 Å². The molecule has 5 nitrogen and oxygen atoms in total. The number of benzene rings is 1. The molecule has 31 heavy (non-hydrogen) atoms. The van der Waals surface area contributed by atoms with Gasteiger partial charge in [0.15, 0.2) is 0 Å². The molecule has 0 aliphatic carbocycles. The third-order valence-corrected chi connectivity index (χ3v) is 6.83. The lowest BCUT2D eigenvalue weighted by molar-refractivity contribution is -0.134. The lowest BCUT2D eigenvalue weighted by Crippen LogP contribution is -2.38. The first-order valence-corrected chi connectivity index (χ1v) is 11.6. The van der Waals surface area contributed by atoms with Gasteiger partial charge in [-0.1, -0.05) is 30.3 Å². The highest BCUT2D eigenvalue weighted by atomic mass is 32.1. The van der Waals surface area contributed by atoms with Crippen molar-refractivity contribution in [1.29, 1.82) is 0 Å². The van der Waals surface area contributed by atoms with Gasteiger partial charge in [0.25, 0.3) is 5.91 Å². The van der Waals surface area contributed by atoms with Gasteiger partial charge in [0.1, 0.15) is 0 Å². The van der Waals surface area contributed by atoms with Crippen LogP contribution in [0.3, 0.4) is 0 Å². The van der Waals surface area contributed by atoms with E-state index in [0.29, 0.717) is 38.2 Å². The van der Waals surface area contributed by atoms with Gasteiger partial charge in [-0.05, 0) is 54.5 Å². The van der Waals surface area contributed by atoms with E-state index in [9.17, 15) is 9.59 Å². The largest absolute Gasteiger partial charge is 0.341 e. The number of pyridine rings is 1. The summed E-state index contributed by atoms with van der Waals surface area (Å²) < 4.78 is 0. The molecule has 4 rings (SSSR count).